The van der Waals surface area contributed by atoms with Gasteiger partial charge in [0.15, 0.2) is 11.6 Å². The summed E-state index contributed by atoms with van der Waals surface area (Å²) < 4.78 is 10.8. The molecule has 0 saturated carbocycles. The number of aryl methyl sites for hydroxylation is 2. The van der Waals surface area contributed by atoms with Crippen molar-refractivity contribution in [3.63, 3.8) is 0 Å². The Bertz CT molecular complexity index is 995. The molecule has 150 valence electrons. The maximum absolute atomic E-state index is 12.7. The topological polar surface area (TPSA) is 115 Å². The van der Waals surface area contributed by atoms with Crippen molar-refractivity contribution in [1.29, 1.82) is 0 Å². The van der Waals surface area contributed by atoms with Crippen molar-refractivity contribution in [3.05, 3.63) is 53.9 Å². The van der Waals surface area contributed by atoms with Gasteiger partial charge in [-0.2, -0.15) is 4.98 Å². The lowest BCUT2D eigenvalue weighted by Gasteiger charge is -2.34. The third kappa shape index (κ3) is 4.24. The van der Waals surface area contributed by atoms with Gasteiger partial charge in [-0.05, 0) is 44.2 Å². The first-order chi connectivity index (χ1) is 14.0. The molecule has 1 aliphatic rings. The van der Waals surface area contributed by atoms with Gasteiger partial charge in [-0.15, -0.1) is 0 Å². The average Bonchev–Trinajstić information content (AvgIpc) is 3.16. The predicted octanol–water partition coefficient (Wildman–Crippen LogP) is 2.97. The first-order valence-corrected chi connectivity index (χ1v) is 9.42. The van der Waals surface area contributed by atoms with Gasteiger partial charge in [-0.1, -0.05) is 5.16 Å². The second kappa shape index (κ2) is 7.96. The fourth-order valence-corrected chi connectivity index (χ4v) is 3.27. The van der Waals surface area contributed by atoms with Crippen molar-refractivity contribution in [2.45, 2.75) is 32.2 Å². The Morgan fingerprint density at radius 2 is 1.83 bits per heavy atom. The molecule has 3 aromatic rings. The summed E-state index contributed by atoms with van der Waals surface area (Å²) in [6.07, 6.45) is 2.85. The third-order valence-corrected chi connectivity index (χ3v) is 4.83. The molecule has 2 N–H and O–H groups in total. The van der Waals surface area contributed by atoms with E-state index >= 15 is 0 Å². The first kappa shape index (κ1) is 19.0. The number of amides is 2. The third-order valence-electron chi connectivity index (χ3n) is 4.83. The fourth-order valence-electron chi connectivity index (χ4n) is 3.27. The predicted molar refractivity (Wildman–Crippen MR) is 105 cm³/mol. The molecule has 1 fully saturated rings. The summed E-state index contributed by atoms with van der Waals surface area (Å²) in [5, 5.41) is 9.73. The Labute approximate surface area is 167 Å². The van der Waals surface area contributed by atoms with Gasteiger partial charge < -0.3 is 19.9 Å². The van der Waals surface area contributed by atoms with Crippen molar-refractivity contribution in [3.8, 4) is 11.4 Å². The second-order valence-electron chi connectivity index (χ2n) is 7.02. The number of carbonyl (C=O) groups is 1. The molecule has 4 rings (SSSR count). The van der Waals surface area contributed by atoms with Gasteiger partial charge in [0.2, 0.25) is 0 Å². The number of benzene rings is 1. The molecule has 2 amide bonds. The van der Waals surface area contributed by atoms with E-state index < -0.39 is 5.54 Å². The van der Waals surface area contributed by atoms with Gasteiger partial charge >= 0.3 is 6.03 Å². The molecule has 2 aromatic heterocycles. The van der Waals surface area contributed by atoms with Crippen molar-refractivity contribution in [2.75, 3.05) is 18.5 Å². The standard InChI is InChI=1S/C20H22N6O3/c1-13-7-10-21-17(22-13)15-3-5-16(6-4-15)24-19(27)25-20(8-11-28-12-9-20)18-23-14(2)26-29-18/h3-7,10H,8-9,11-12H2,1-2H3,(H2,24,25,27). The maximum atomic E-state index is 12.7. The van der Waals surface area contributed by atoms with Crippen LogP contribution in [-0.4, -0.2) is 39.4 Å². The molecule has 0 unspecified atom stereocenters. The van der Waals surface area contributed by atoms with Gasteiger partial charge in [0, 0.05) is 49.2 Å². The normalized spacial score (nSPS) is 15.7. The number of nitrogens with zero attached hydrogens (tertiary/aromatic N) is 4. The fraction of sp³-hybridized carbons (Fsp3) is 0.350. The SMILES string of the molecule is Cc1ccnc(-c2ccc(NC(=O)NC3(c4nc(C)no4)CCOCC3)cc2)n1. The highest BCUT2D eigenvalue weighted by Gasteiger charge is 2.41. The number of anilines is 1. The van der Waals surface area contributed by atoms with Crippen molar-refractivity contribution < 1.29 is 14.1 Å². The van der Waals surface area contributed by atoms with E-state index in [0.717, 1.165) is 11.3 Å². The van der Waals surface area contributed by atoms with Crippen LogP contribution in [-0.2, 0) is 10.3 Å². The average molecular weight is 394 g/mol. The molecule has 0 aliphatic carbocycles. The lowest BCUT2D eigenvalue weighted by molar-refractivity contribution is 0.0285. The zero-order valence-corrected chi connectivity index (χ0v) is 16.3. The van der Waals surface area contributed by atoms with Crippen LogP contribution in [0.1, 0.15) is 30.3 Å². The van der Waals surface area contributed by atoms with Crippen LogP contribution in [0.4, 0.5) is 10.5 Å². The largest absolute Gasteiger partial charge is 0.381 e. The highest BCUT2D eigenvalue weighted by atomic mass is 16.5. The minimum absolute atomic E-state index is 0.345. The molecule has 0 radical (unpaired) electrons. The molecule has 3 heterocycles. The Balaban J connectivity index is 1.47. The maximum Gasteiger partial charge on any atom is 0.320 e. The molecule has 1 saturated heterocycles. The summed E-state index contributed by atoms with van der Waals surface area (Å²) in [7, 11) is 0. The highest BCUT2D eigenvalue weighted by molar-refractivity contribution is 5.90. The van der Waals surface area contributed by atoms with Crippen LogP contribution in [0.2, 0.25) is 0 Å². The van der Waals surface area contributed by atoms with Crippen LogP contribution >= 0.6 is 0 Å². The van der Waals surface area contributed by atoms with E-state index in [-0.39, 0.29) is 6.03 Å². The van der Waals surface area contributed by atoms with E-state index in [1.165, 1.54) is 0 Å². The van der Waals surface area contributed by atoms with Crippen LogP contribution in [0.15, 0.2) is 41.1 Å². The van der Waals surface area contributed by atoms with Gasteiger partial charge in [-0.25, -0.2) is 14.8 Å². The summed E-state index contributed by atoms with van der Waals surface area (Å²) in [5.41, 5.74) is 1.69. The summed E-state index contributed by atoms with van der Waals surface area (Å²) in [6.45, 7) is 4.68. The Morgan fingerprint density at radius 3 is 2.48 bits per heavy atom. The monoisotopic (exact) mass is 394 g/mol. The second-order valence-corrected chi connectivity index (χ2v) is 7.02. The zero-order valence-electron chi connectivity index (χ0n) is 16.3. The molecule has 1 aliphatic heterocycles. The van der Waals surface area contributed by atoms with Crippen molar-refractivity contribution >= 4 is 11.7 Å². The molecule has 9 nitrogen and oxygen atoms in total. The lowest BCUT2D eigenvalue weighted by Crippen LogP contribution is -2.51. The van der Waals surface area contributed by atoms with E-state index in [9.17, 15) is 4.79 Å². The van der Waals surface area contributed by atoms with Crippen LogP contribution < -0.4 is 10.6 Å². The molecular formula is C20H22N6O3. The number of ether oxygens (including phenoxy) is 1. The first-order valence-electron chi connectivity index (χ1n) is 9.42. The van der Waals surface area contributed by atoms with Crippen molar-refractivity contribution in [2.24, 2.45) is 0 Å². The minimum atomic E-state index is -0.737. The lowest BCUT2D eigenvalue weighted by atomic mass is 9.90. The van der Waals surface area contributed by atoms with Crippen LogP contribution in [0, 0.1) is 13.8 Å². The molecule has 0 bridgehead atoms. The van der Waals surface area contributed by atoms with E-state index in [2.05, 4.69) is 30.7 Å². The van der Waals surface area contributed by atoms with Gasteiger partial charge in [0.05, 0.1) is 0 Å². The number of rotatable bonds is 4. The minimum Gasteiger partial charge on any atom is -0.381 e. The number of hydrogen-bond donors (Lipinski definition) is 2. The molecule has 0 spiro atoms. The van der Waals surface area contributed by atoms with E-state index in [4.69, 9.17) is 9.26 Å². The summed E-state index contributed by atoms with van der Waals surface area (Å²) in [5.74, 6) is 1.58. The molecule has 0 atom stereocenters. The zero-order chi connectivity index (χ0) is 20.3. The highest BCUT2D eigenvalue weighted by Crippen LogP contribution is 2.31. The Morgan fingerprint density at radius 1 is 1.07 bits per heavy atom. The van der Waals surface area contributed by atoms with Crippen LogP contribution in [0.5, 0.6) is 0 Å². The summed E-state index contributed by atoms with van der Waals surface area (Å²) >= 11 is 0. The van der Waals surface area contributed by atoms with E-state index in [1.54, 1.807) is 13.1 Å². The smallest absolute Gasteiger partial charge is 0.320 e. The quantitative estimate of drug-likeness (QED) is 0.699. The number of nitrogens with one attached hydrogen (secondary N) is 2. The molecule has 29 heavy (non-hydrogen) atoms. The van der Waals surface area contributed by atoms with Gasteiger partial charge in [0.1, 0.15) is 5.54 Å². The Hall–Kier alpha value is -3.33. The summed E-state index contributed by atoms with van der Waals surface area (Å²) in [6, 6.07) is 8.87. The number of aromatic nitrogens is 4. The number of hydrogen-bond acceptors (Lipinski definition) is 7. The molecular weight excluding hydrogens is 372 g/mol. The van der Waals surface area contributed by atoms with Gasteiger partial charge in [0.25, 0.3) is 5.89 Å². The van der Waals surface area contributed by atoms with Crippen LogP contribution in [0.3, 0.4) is 0 Å². The Kier molecular flexibility index (Phi) is 5.22. The van der Waals surface area contributed by atoms with Gasteiger partial charge in [-0.3, -0.25) is 0 Å². The van der Waals surface area contributed by atoms with E-state index in [1.807, 2.05) is 37.3 Å². The number of carbonyl (C=O) groups excluding carboxylic acids is 1. The van der Waals surface area contributed by atoms with E-state index in [0.29, 0.717) is 49.3 Å². The molecule has 1 aromatic carbocycles. The summed E-state index contributed by atoms with van der Waals surface area (Å²) in [4.78, 5) is 25.7. The molecule has 9 heteroatoms. The van der Waals surface area contributed by atoms with Crippen LogP contribution in [0.25, 0.3) is 11.4 Å². The number of urea groups is 1. The van der Waals surface area contributed by atoms with Crippen molar-refractivity contribution in [1.82, 2.24) is 25.4 Å².